The van der Waals surface area contributed by atoms with E-state index in [4.69, 9.17) is 9.47 Å². The molecule has 1 saturated heterocycles. The summed E-state index contributed by atoms with van der Waals surface area (Å²) in [4.78, 5) is 5.06. The molecule has 0 aliphatic carbocycles. The summed E-state index contributed by atoms with van der Waals surface area (Å²) in [6, 6.07) is 17.5. The maximum atomic E-state index is 10.1. The second-order valence-corrected chi connectivity index (χ2v) is 9.53. The quantitative estimate of drug-likeness (QED) is 0.313. The van der Waals surface area contributed by atoms with Crippen LogP contribution in [0.25, 0.3) is 11.4 Å². The van der Waals surface area contributed by atoms with E-state index in [2.05, 4.69) is 76.1 Å². The zero-order valence-corrected chi connectivity index (χ0v) is 22.2. The monoisotopic (exact) mass is 506 g/mol. The average Bonchev–Trinajstić information content (AvgIpc) is 3.35. The van der Waals surface area contributed by atoms with E-state index in [0.29, 0.717) is 24.5 Å². The first kappa shape index (κ1) is 26.9. The van der Waals surface area contributed by atoms with Gasteiger partial charge in [0.15, 0.2) is 12.1 Å². The van der Waals surface area contributed by atoms with E-state index in [1.54, 1.807) is 11.8 Å². The Morgan fingerprint density at radius 3 is 2.59 bits per heavy atom. The first-order chi connectivity index (χ1) is 17.9. The summed E-state index contributed by atoms with van der Waals surface area (Å²) in [7, 11) is 1.70. The molecule has 2 aromatic carbocycles. The van der Waals surface area contributed by atoms with Gasteiger partial charge in [-0.1, -0.05) is 42.5 Å². The number of aliphatic hydroxyl groups excluding tert-OH is 1. The first-order valence-electron chi connectivity index (χ1n) is 12.9. The van der Waals surface area contributed by atoms with E-state index >= 15 is 0 Å². The van der Waals surface area contributed by atoms with E-state index in [-0.39, 0.29) is 12.6 Å². The lowest BCUT2D eigenvalue weighted by Crippen LogP contribution is -2.57. The number of rotatable bonds is 11. The van der Waals surface area contributed by atoms with Gasteiger partial charge in [-0.3, -0.25) is 9.80 Å². The van der Waals surface area contributed by atoms with Gasteiger partial charge >= 0.3 is 0 Å². The maximum absolute atomic E-state index is 10.1. The fourth-order valence-corrected chi connectivity index (χ4v) is 5.13. The van der Waals surface area contributed by atoms with Gasteiger partial charge in [-0.25, -0.2) is 4.68 Å². The average molecular weight is 507 g/mol. The molecule has 1 N–H and O–H groups in total. The largest absolute Gasteiger partial charge is 0.497 e. The molecular formula is C28H38N6O3. The van der Waals surface area contributed by atoms with Crippen LogP contribution in [0.2, 0.25) is 0 Å². The Kier molecular flexibility index (Phi) is 9.04. The smallest absolute Gasteiger partial charge is 0.182 e. The number of benzene rings is 2. The topological polar surface area (TPSA) is 88.8 Å². The Morgan fingerprint density at radius 1 is 1.11 bits per heavy atom. The fourth-order valence-electron chi connectivity index (χ4n) is 5.13. The summed E-state index contributed by atoms with van der Waals surface area (Å²) in [6.07, 6.45) is 1.02. The highest BCUT2D eigenvalue weighted by atomic mass is 16.6. The predicted octanol–water partition coefficient (Wildman–Crippen LogP) is 3.37. The van der Waals surface area contributed by atoms with Crippen LogP contribution < -0.4 is 4.74 Å². The standard InChI is InChI=1S/C28H38N6O3/c1-6-15-32-17-21(4)33(18-20(32)3)27(24-9-8-10-25(16-24)36-5)22-11-13-23(14-12-22)28-29-30-31-34(28)19-26(35)37-7-2/h6,8-14,16,20-21,26-27,35H,1,7,15,17-19H2,2-5H3/t20-,21+,26?,27-/m1/s1. The van der Waals surface area contributed by atoms with E-state index in [1.807, 2.05) is 31.2 Å². The van der Waals surface area contributed by atoms with Crippen molar-refractivity contribution in [1.29, 1.82) is 0 Å². The number of aliphatic hydroxyl groups is 1. The Balaban J connectivity index is 1.66. The van der Waals surface area contributed by atoms with Gasteiger partial charge in [0.25, 0.3) is 0 Å². The SMILES string of the molecule is C=CCN1C[C@H](C)N([C@H](c2ccc(-c3nnnn3CC(O)OCC)cc2)c2cccc(OC)c2)C[C@H]1C. The summed E-state index contributed by atoms with van der Waals surface area (Å²) in [6.45, 7) is 13.7. The van der Waals surface area contributed by atoms with Crippen molar-refractivity contribution in [2.45, 2.75) is 51.7 Å². The second kappa shape index (κ2) is 12.4. The minimum Gasteiger partial charge on any atom is -0.497 e. The molecule has 1 aromatic heterocycles. The molecule has 1 aliphatic heterocycles. The van der Waals surface area contributed by atoms with Gasteiger partial charge in [0.05, 0.1) is 19.7 Å². The molecule has 0 bridgehead atoms. The highest BCUT2D eigenvalue weighted by Crippen LogP contribution is 2.35. The van der Waals surface area contributed by atoms with Crippen molar-refractivity contribution >= 4 is 0 Å². The summed E-state index contributed by atoms with van der Waals surface area (Å²) in [5, 5.41) is 22.1. The molecule has 0 spiro atoms. The summed E-state index contributed by atoms with van der Waals surface area (Å²) < 4.78 is 12.4. The van der Waals surface area contributed by atoms with Crippen molar-refractivity contribution in [3.05, 3.63) is 72.3 Å². The van der Waals surface area contributed by atoms with Crippen LogP contribution in [0.5, 0.6) is 5.75 Å². The molecule has 2 heterocycles. The number of piperazine rings is 1. The summed E-state index contributed by atoms with van der Waals surface area (Å²) in [5.74, 6) is 1.43. The lowest BCUT2D eigenvalue weighted by atomic mass is 9.92. The third-order valence-electron chi connectivity index (χ3n) is 6.97. The molecular weight excluding hydrogens is 468 g/mol. The van der Waals surface area contributed by atoms with Crippen molar-refractivity contribution in [2.75, 3.05) is 33.4 Å². The van der Waals surface area contributed by atoms with Gasteiger partial charge in [-0.15, -0.1) is 11.7 Å². The number of aromatic nitrogens is 4. The van der Waals surface area contributed by atoms with Crippen LogP contribution in [0.4, 0.5) is 0 Å². The number of tetrazole rings is 1. The minimum absolute atomic E-state index is 0.0586. The third kappa shape index (κ3) is 6.24. The van der Waals surface area contributed by atoms with Gasteiger partial charge in [0.1, 0.15) is 5.75 Å². The van der Waals surface area contributed by atoms with Crippen LogP contribution in [-0.4, -0.2) is 86.8 Å². The van der Waals surface area contributed by atoms with E-state index in [0.717, 1.165) is 30.9 Å². The van der Waals surface area contributed by atoms with Crippen molar-refractivity contribution in [1.82, 2.24) is 30.0 Å². The maximum Gasteiger partial charge on any atom is 0.182 e. The normalized spacial score (nSPS) is 20.5. The molecule has 4 atom stereocenters. The van der Waals surface area contributed by atoms with Gasteiger partial charge in [0.2, 0.25) is 0 Å². The minimum atomic E-state index is -0.966. The van der Waals surface area contributed by atoms with E-state index in [9.17, 15) is 5.11 Å². The number of hydrogen-bond acceptors (Lipinski definition) is 8. The Labute approximate surface area is 219 Å². The van der Waals surface area contributed by atoms with Crippen LogP contribution in [-0.2, 0) is 11.3 Å². The number of ether oxygens (including phenoxy) is 2. The van der Waals surface area contributed by atoms with Crippen molar-refractivity contribution in [3.63, 3.8) is 0 Å². The molecule has 1 fully saturated rings. The predicted molar refractivity (Wildman–Crippen MR) is 143 cm³/mol. The van der Waals surface area contributed by atoms with Crippen LogP contribution >= 0.6 is 0 Å². The Hall–Kier alpha value is -3.11. The number of hydrogen-bond donors (Lipinski definition) is 1. The molecule has 1 unspecified atom stereocenters. The molecule has 198 valence electrons. The molecule has 4 rings (SSSR count). The lowest BCUT2D eigenvalue weighted by Gasteiger charge is -2.47. The van der Waals surface area contributed by atoms with Crippen LogP contribution in [0.15, 0.2) is 61.2 Å². The molecule has 37 heavy (non-hydrogen) atoms. The molecule has 3 aromatic rings. The second-order valence-electron chi connectivity index (χ2n) is 9.53. The van der Waals surface area contributed by atoms with Gasteiger partial charge < -0.3 is 14.6 Å². The zero-order valence-electron chi connectivity index (χ0n) is 22.2. The van der Waals surface area contributed by atoms with Gasteiger partial charge in [-0.05, 0) is 54.5 Å². The zero-order chi connectivity index (χ0) is 26.4. The Morgan fingerprint density at radius 2 is 1.89 bits per heavy atom. The number of nitrogens with zero attached hydrogens (tertiary/aromatic N) is 6. The molecule has 9 nitrogen and oxygen atoms in total. The van der Waals surface area contributed by atoms with Gasteiger partial charge in [0, 0.05) is 43.9 Å². The van der Waals surface area contributed by atoms with Crippen LogP contribution in [0, 0.1) is 0 Å². The van der Waals surface area contributed by atoms with Crippen molar-refractivity contribution < 1.29 is 14.6 Å². The summed E-state index contributed by atoms with van der Waals surface area (Å²) >= 11 is 0. The molecule has 0 amide bonds. The first-order valence-corrected chi connectivity index (χ1v) is 12.9. The van der Waals surface area contributed by atoms with Crippen LogP contribution in [0.1, 0.15) is 37.9 Å². The van der Waals surface area contributed by atoms with Gasteiger partial charge in [-0.2, -0.15) is 0 Å². The highest BCUT2D eigenvalue weighted by molar-refractivity contribution is 5.55. The summed E-state index contributed by atoms with van der Waals surface area (Å²) in [5.41, 5.74) is 3.24. The van der Waals surface area contributed by atoms with Crippen molar-refractivity contribution in [2.24, 2.45) is 0 Å². The lowest BCUT2D eigenvalue weighted by molar-refractivity contribution is -0.105. The third-order valence-corrected chi connectivity index (χ3v) is 6.97. The molecule has 0 saturated carbocycles. The Bertz CT molecular complexity index is 1150. The highest BCUT2D eigenvalue weighted by Gasteiger charge is 2.34. The van der Waals surface area contributed by atoms with E-state index in [1.165, 1.54) is 11.1 Å². The van der Waals surface area contributed by atoms with Crippen molar-refractivity contribution in [3.8, 4) is 17.1 Å². The number of methoxy groups -OCH3 is 1. The van der Waals surface area contributed by atoms with E-state index < -0.39 is 6.29 Å². The van der Waals surface area contributed by atoms with Crippen LogP contribution in [0.3, 0.4) is 0 Å². The molecule has 0 radical (unpaired) electrons. The molecule has 9 heteroatoms. The fraction of sp³-hybridized carbons (Fsp3) is 0.464. The molecule has 1 aliphatic rings.